The predicted octanol–water partition coefficient (Wildman–Crippen LogP) is 4.22. The lowest BCUT2D eigenvalue weighted by Gasteiger charge is -2.14. The average molecular weight is 351 g/mol. The number of rotatable bonds is 5. The molecule has 0 radical (unpaired) electrons. The molecule has 1 aromatic heterocycles. The maximum absolute atomic E-state index is 12.9. The topological polar surface area (TPSA) is 68.4 Å². The van der Waals surface area contributed by atoms with Crippen molar-refractivity contribution in [3.8, 4) is 5.75 Å². The highest BCUT2D eigenvalue weighted by atomic mass is 16.5. The third kappa shape index (κ3) is 3.20. The Bertz CT molecular complexity index is 987. The minimum atomic E-state index is -0.911. The van der Waals surface area contributed by atoms with E-state index in [0.717, 1.165) is 22.2 Å². The molecule has 0 aliphatic rings. The summed E-state index contributed by atoms with van der Waals surface area (Å²) >= 11 is 0. The van der Waals surface area contributed by atoms with Crippen LogP contribution in [-0.4, -0.2) is 30.0 Å². The van der Waals surface area contributed by atoms with Gasteiger partial charge in [0.2, 0.25) is 5.78 Å². The van der Waals surface area contributed by atoms with Crippen molar-refractivity contribution < 1.29 is 19.1 Å². The molecule has 0 aliphatic heterocycles. The van der Waals surface area contributed by atoms with E-state index in [1.165, 1.54) is 7.11 Å². The van der Waals surface area contributed by atoms with Crippen molar-refractivity contribution in [1.29, 1.82) is 0 Å². The summed E-state index contributed by atoms with van der Waals surface area (Å²) in [5.74, 6) is -0.396. The van der Waals surface area contributed by atoms with Crippen molar-refractivity contribution in [1.82, 2.24) is 4.98 Å². The number of carbonyl (C=O) groups excluding carboxylic acids is 2. The Morgan fingerprint density at radius 1 is 1.08 bits per heavy atom. The first-order valence-electron chi connectivity index (χ1n) is 8.39. The van der Waals surface area contributed by atoms with Gasteiger partial charge in [0.25, 0.3) is 0 Å². The highest BCUT2D eigenvalue weighted by molar-refractivity contribution is 6.11. The number of esters is 1. The van der Waals surface area contributed by atoms with Crippen LogP contribution >= 0.6 is 0 Å². The second-order valence-electron chi connectivity index (χ2n) is 6.29. The number of hydrogen-bond donors (Lipinski definition) is 1. The number of Topliss-reactive ketones (excluding diaryl/α,β-unsaturated/α-hetero) is 1. The Balaban J connectivity index is 1.87. The first-order valence-corrected chi connectivity index (χ1v) is 8.39. The number of aromatic nitrogens is 1. The summed E-state index contributed by atoms with van der Waals surface area (Å²) in [6.07, 6.45) is -0.911. The van der Waals surface area contributed by atoms with E-state index in [1.54, 1.807) is 19.1 Å². The molecule has 1 N–H and O–H groups in total. The summed E-state index contributed by atoms with van der Waals surface area (Å²) in [7, 11) is 1.49. The smallest absolute Gasteiger partial charge is 0.342 e. The van der Waals surface area contributed by atoms with E-state index in [9.17, 15) is 9.59 Å². The van der Waals surface area contributed by atoms with Crippen LogP contribution in [0.4, 0.5) is 0 Å². The average Bonchev–Trinajstić information content (AvgIpc) is 2.96. The molecule has 26 heavy (non-hydrogen) atoms. The van der Waals surface area contributed by atoms with Crippen LogP contribution in [0.2, 0.25) is 0 Å². The van der Waals surface area contributed by atoms with Crippen molar-refractivity contribution in [2.45, 2.75) is 26.9 Å². The molecule has 0 bridgehead atoms. The third-order valence-electron chi connectivity index (χ3n) is 4.37. The minimum Gasteiger partial charge on any atom is -0.496 e. The van der Waals surface area contributed by atoms with Gasteiger partial charge in [-0.2, -0.15) is 0 Å². The van der Waals surface area contributed by atoms with Gasteiger partial charge in [0, 0.05) is 22.2 Å². The van der Waals surface area contributed by atoms with Crippen molar-refractivity contribution in [3.05, 3.63) is 64.8 Å². The van der Waals surface area contributed by atoms with Crippen LogP contribution in [-0.2, 0) is 4.74 Å². The first-order chi connectivity index (χ1) is 12.4. The van der Waals surface area contributed by atoms with Crippen LogP contribution in [0.15, 0.2) is 42.5 Å². The Hall–Kier alpha value is -3.08. The summed E-state index contributed by atoms with van der Waals surface area (Å²) in [6, 6.07) is 12.8. The molecule has 0 fully saturated rings. The lowest BCUT2D eigenvalue weighted by molar-refractivity contribution is 0.0316. The Labute approximate surface area is 151 Å². The molecule has 2 aromatic carbocycles. The van der Waals surface area contributed by atoms with E-state index in [-0.39, 0.29) is 5.78 Å². The number of carbonyl (C=O) groups is 2. The summed E-state index contributed by atoms with van der Waals surface area (Å²) in [5.41, 5.74) is 3.41. The standard InChI is InChI=1S/C21H21NO4/c1-12-9-10-18(25-4)16(11-12)21(24)26-14(3)20(23)19-13(2)22-17-8-6-5-7-15(17)19/h5-11,14,22H,1-4H3/t14-/m1/s1. The Kier molecular flexibility index (Phi) is 4.80. The van der Waals surface area contributed by atoms with E-state index in [2.05, 4.69) is 4.98 Å². The number of ether oxygens (including phenoxy) is 2. The number of ketones is 1. The fraction of sp³-hybridized carbons (Fsp3) is 0.238. The molecule has 0 saturated heterocycles. The SMILES string of the molecule is COc1ccc(C)cc1C(=O)O[C@H](C)C(=O)c1c(C)[nH]c2ccccc12. The van der Waals surface area contributed by atoms with Crippen molar-refractivity contribution >= 4 is 22.7 Å². The number of hydrogen-bond acceptors (Lipinski definition) is 4. The van der Waals surface area contributed by atoms with Crippen molar-refractivity contribution in [3.63, 3.8) is 0 Å². The van der Waals surface area contributed by atoms with Gasteiger partial charge >= 0.3 is 5.97 Å². The number of nitrogens with one attached hydrogen (secondary N) is 1. The van der Waals surface area contributed by atoms with Gasteiger partial charge in [-0.1, -0.05) is 29.8 Å². The van der Waals surface area contributed by atoms with E-state index in [1.807, 2.05) is 44.2 Å². The second kappa shape index (κ2) is 7.04. The minimum absolute atomic E-state index is 0.236. The van der Waals surface area contributed by atoms with Gasteiger partial charge in [-0.15, -0.1) is 0 Å². The zero-order valence-corrected chi connectivity index (χ0v) is 15.3. The lowest BCUT2D eigenvalue weighted by atomic mass is 10.0. The fourth-order valence-electron chi connectivity index (χ4n) is 3.06. The van der Waals surface area contributed by atoms with Crippen LogP contribution in [0.25, 0.3) is 10.9 Å². The monoisotopic (exact) mass is 351 g/mol. The summed E-state index contributed by atoms with van der Waals surface area (Å²) in [5, 5.41) is 0.825. The number of para-hydroxylation sites is 1. The molecular formula is C21H21NO4. The molecular weight excluding hydrogens is 330 g/mol. The van der Waals surface area contributed by atoms with Gasteiger partial charge in [-0.25, -0.2) is 4.79 Å². The van der Waals surface area contributed by atoms with Crippen LogP contribution in [0.3, 0.4) is 0 Å². The van der Waals surface area contributed by atoms with Gasteiger partial charge in [-0.05, 0) is 39.0 Å². The molecule has 134 valence electrons. The number of aryl methyl sites for hydroxylation is 2. The molecule has 0 spiro atoms. The van der Waals surface area contributed by atoms with Crippen molar-refractivity contribution in [2.24, 2.45) is 0 Å². The molecule has 1 heterocycles. The Morgan fingerprint density at radius 2 is 1.81 bits per heavy atom. The zero-order chi connectivity index (χ0) is 18.8. The molecule has 5 nitrogen and oxygen atoms in total. The molecule has 1 atom stereocenters. The normalized spacial score (nSPS) is 12.0. The summed E-state index contributed by atoms with van der Waals surface area (Å²) in [6.45, 7) is 5.30. The molecule has 0 aliphatic carbocycles. The summed E-state index contributed by atoms with van der Waals surface area (Å²) < 4.78 is 10.7. The number of methoxy groups -OCH3 is 1. The van der Waals surface area contributed by atoms with E-state index >= 15 is 0 Å². The van der Waals surface area contributed by atoms with Crippen LogP contribution in [0.5, 0.6) is 5.75 Å². The molecule has 0 amide bonds. The third-order valence-corrected chi connectivity index (χ3v) is 4.37. The highest BCUT2D eigenvalue weighted by Gasteiger charge is 2.26. The molecule has 3 aromatic rings. The highest BCUT2D eigenvalue weighted by Crippen LogP contribution is 2.25. The quantitative estimate of drug-likeness (QED) is 0.552. The number of benzene rings is 2. The lowest BCUT2D eigenvalue weighted by Crippen LogP contribution is -2.25. The van der Waals surface area contributed by atoms with Gasteiger partial charge in [-0.3, -0.25) is 4.79 Å². The molecule has 0 saturated carbocycles. The maximum atomic E-state index is 12.9. The molecule has 0 unspecified atom stereocenters. The predicted molar refractivity (Wildman–Crippen MR) is 100.0 cm³/mol. The van der Waals surface area contributed by atoms with Crippen molar-refractivity contribution in [2.75, 3.05) is 7.11 Å². The van der Waals surface area contributed by atoms with E-state index in [0.29, 0.717) is 16.9 Å². The Morgan fingerprint density at radius 3 is 2.54 bits per heavy atom. The largest absolute Gasteiger partial charge is 0.496 e. The molecule has 5 heteroatoms. The van der Waals surface area contributed by atoms with Gasteiger partial charge in [0.05, 0.1) is 7.11 Å². The number of H-pyrrole nitrogens is 1. The summed E-state index contributed by atoms with van der Waals surface area (Å²) in [4.78, 5) is 28.6. The van der Waals surface area contributed by atoms with Crippen LogP contribution in [0, 0.1) is 13.8 Å². The molecule has 3 rings (SSSR count). The first kappa shape index (κ1) is 17.7. The van der Waals surface area contributed by atoms with E-state index in [4.69, 9.17) is 9.47 Å². The fourth-order valence-corrected chi connectivity index (χ4v) is 3.06. The van der Waals surface area contributed by atoms with Gasteiger partial charge in [0.1, 0.15) is 11.3 Å². The van der Waals surface area contributed by atoms with Crippen LogP contribution < -0.4 is 4.74 Å². The second-order valence-corrected chi connectivity index (χ2v) is 6.29. The van der Waals surface area contributed by atoms with Gasteiger partial charge < -0.3 is 14.5 Å². The maximum Gasteiger partial charge on any atom is 0.342 e. The zero-order valence-electron chi connectivity index (χ0n) is 15.3. The van der Waals surface area contributed by atoms with Crippen LogP contribution in [0.1, 0.15) is 38.9 Å². The number of aromatic amines is 1. The van der Waals surface area contributed by atoms with Gasteiger partial charge in [0.15, 0.2) is 6.10 Å². The number of fused-ring (bicyclic) bond motifs is 1. The van der Waals surface area contributed by atoms with E-state index < -0.39 is 12.1 Å².